The number of benzene rings is 1. The molecule has 2 amide bonds. The predicted octanol–water partition coefficient (Wildman–Crippen LogP) is 1.19. The number of likely N-dealkylation sites (tertiary alicyclic amines) is 1. The number of aromatic hydroxyl groups is 1. The fraction of sp³-hybridized carbons (Fsp3) is 0.438. The van der Waals surface area contributed by atoms with Gasteiger partial charge < -0.3 is 15.3 Å². The SMILES string of the molecule is Cc1ccc(C(=O)NC(C)C(=O)N2CC(C)(C#N)C2)cc1O. The molecule has 1 heterocycles. The summed E-state index contributed by atoms with van der Waals surface area (Å²) in [5, 5.41) is 21.2. The van der Waals surface area contributed by atoms with E-state index in [0.717, 1.165) is 0 Å². The number of phenols is 1. The lowest BCUT2D eigenvalue weighted by molar-refractivity contribution is -0.141. The fourth-order valence-electron chi connectivity index (χ4n) is 2.39. The van der Waals surface area contributed by atoms with Crippen LogP contribution in [0.1, 0.15) is 29.8 Å². The second-order valence-electron chi connectivity index (χ2n) is 6.06. The number of carbonyl (C=O) groups excluding carboxylic acids is 2. The number of carbonyl (C=O) groups is 2. The van der Waals surface area contributed by atoms with Gasteiger partial charge in [-0.15, -0.1) is 0 Å². The van der Waals surface area contributed by atoms with Gasteiger partial charge >= 0.3 is 0 Å². The van der Waals surface area contributed by atoms with Gasteiger partial charge in [0.1, 0.15) is 11.8 Å². The van der Waals surface area contributed by atoms with Gasteiger partial charge in [0.2, 0.25) is 5.91 Å². The third-order valence-corrected chi connectivity index (χ3v) is 3.85. The third-order valence-electron chi connectivity index (χ3n) is 3.85. The second-order valence-corrected chi connectivity index (χ2v) is 6.06. The molecule has 0 saturated carbocycles. The minimum atomic E-state index is -0.681. The van der Waals surface area contributed by atoms with Crippen molar-refractivity contribution in [1.29, 1.82) is 5.26 Å². The molecule has 116 valence electrons. The third kappa shape index (κ3) is 3.03. The minimum Gasteiger partial charge on any atom is -0.508 e. The summed E-state index contributed by atoms with van der Waals surface area (Å²) in [4.78, 5) is 25.8. The van der Waals surface area contributed by atoms with Crippen molar-refractivity contribution in [3.8, 4) is 11.8 Å². The van der Waals surface area contributed by atoms with Crippen LogP contribution in [0.5, 0.6) is 5.75 Å². The van der Waals surface area contributed by atoms with Crippen molar-refractivity contribution in [3.05, 3.63) is 29.3 Å². The number of amides is 2. The molecule has 22 heavy (non-hydrogen) atoms. The van der Waals surface area contributed by atoms with E-state index in [1.165, 1.54) is 6.07 Å². The van der Waals surface area contributed by atoms with E-state index >= 15 is 0 Å². The average molecular weight is 301 g/mol. The van der Waals surface area contributed by atoms with Crippen molar-refractivity contribution in [2.75, 3.05) is 13.1 Å². The maximum Gasteiger partial charge on any atom is 0.252 e. The Labute approximate surface area is 129 Å². The highest BCUT2D eigenvalue weighted by atomic mass is 16.3. The zero-order valence-electron chi connectivity index (χ0n) is 12.9. The monoisotopic (exact) mass is 301 g/mol. The van der Waals surface area contributed by atoms with Gasteiger partial charge in [-0.2, -0.15) is 5.26 Å². The van der Waals surface area contributed by atoms with E-state index in [1.807, 2.05) is 0 Å². The van der Waals surface area contributed by atoms with Crippen molar-refractivity contribution >= 4 is 11.8 Å². The maximum atomic E-state index is 12.2. The fourth-order valence-corrected chi connectivity index (χ4v) is 2.39. The van der Waals surface area contributed by atoms with Crippen LogP contribution in [0.15, 0.2) is 18.2 Å². The molecule has 1 saturated heterocycles. The Morgan fingerprint density at radius 3 is 2.64 bits per heavy atom. The summed E-state index contributed by atoms with van der Waals surface area (Å²) >= 11 is 0. The zero-order chi connectivity index (χ0) is 16.5. The number of hydrogen-bond acceptors (Lipinski definition) is 4. The summed E-state index contributed by atoms with van der Waals surface area (Å²) in [6, 6.07) is 6.10. The Kier molecular flexibility index (Phi) is 4.09. The Bertz CT molecular complexity index is 657. The molecule has 0 spiro atoms. The Morgan fingerprint density at radius 1 is 1.45 bits per heavy atom. The Morgan fingerprint density at radius 2 is 2.09 bits per heavy atom. The first-order valence-electron chi connectivity index (χ1n) is 7.06. The summed E-state index contributed by atoms with van der Waals surface area (Å²) in [7, 11) is 0. The molecule has 1 atom stereocenters. The van der Waals surface area contributed by atoms with Crippen LogP contribution in [0.25, 0.3) is 0 Å². The molecule has 0 aromatic heterocycles. The predicted molar refractivity (Wildman–Crippen MR) is 80.1 cm³/mol. The number of aryl methyl sites for hydroxylation is 1. The van der Waals surface area contributed by atoms with Crippen LogP contribution in [0, 0.1) is 23.7 Å². The lowest BCUT2D eigenvalue weighted by atomic mass is 9.83. The van der Waals surface area contributed by atoms with Gasteiger partial charge in [-0.3, -0.25) is 9.59 Å². The van der Waals surface area contributed by atoms with E-state index in [9.17, 15) is 14.7 Å². The average Bonchev–Trinajstić information content (AvgIpc) is 2.45. The standard InChI is InChI=1S/C16H19N3O3/c1-10-4-5-12(6-13(10)20)14(21)18-11(2)15(22)19-8-16(3,7-17)9-19/h4-6,11,20H,8-9H2,1-3H3,(H,18,21). The summed E-state index contributed by atoms with van der Waals surface area (Å²) in [6.45, 7) is 5.91. The molecule has 1 aliphatic rings. The highest BCUT2D eigenvalue weighted by Crippen LogP contribution is 2.29. The highest BCUT2D eigenvalue weighted by molar-refractivity contribution is 5.97. The number of rotatable bonds is 3. The van der Waals surface area contributed by atoms with Gasteiger partial charge in [0.25, 0.3) is 5.91 Å². The van der Waals surface area contributed by atoms with Crippen molar-refractivity contribution in [2.24, 2.45) is 5.41 Å². The van der Waals surface area contributed by atoms with E-state index in [1.54, 1.807) is 37.8 Å². The quantitative estimate of drug-likeness (QED) is 0.877. The molecule has 2 rings (SSSR count). The van der Waals surface area contributed by atoms with Crippen LogP contribution >= 0.6 is 0 Å². The van der Waals surface area contributed by atoms with Crippen LogP contribution in [0.2, 0.25) is 0 Å². The molecule has 1 aliphatic heterocycles. The van der Waals surface area contributed by atoms with Crippen molar-refractivity contribution in [2.45, 2.75) is 26.8 Å². The van der Waals surface area contributed by atoms with Crippen LogP contribution in [0.4, 0.5) is 0 Å². The lowest BCUT2D eigenvalue weighted by Gasteiger charge is -2.44. The molecular formula is C16H19N3O3. The van der Waals surface area contributed by atoms with Gasteiger partial charge in [-0.25, -0.2) is 0 Å². The van der Waals surface area contributed by atoms with Crippen LogP contribution in [-0.4, -0.2) is 41.0 Å². The van der Waals surface area contributed by atoms with Gasteiger partial charge in [-0.05, 0) is 38.5 Å². The smallest absolute Gasteiger partial charge is 0.252 e. The molecule has 1 aromatic carbocycles. The largest absolute Gasteiger partial charge is 0.508 e. The molecule has 0 radical (unpaired) electrons. The minimum absolute atomic E-state index is 0.0409. The van der Waals surface area contributed by atoms with E-state index in [4.69, 9.17) is 5.26 Å². The number of phenolic OH excluding ortho intramolecular Hbond substituents is 1. The first-order valence-corrected chi connectivity index (χ1v) is 7.06. The topological polar surface area (TPSA) is 93.4 Å². The van der Waals surface area contributed by atoms with Gasteiger partial charge in [-0.1, -0.05) is 6.07 Å². The lowest BCUT2D eigenvalue weighted by Crippen LogP contribution is -2.60. The Hall–Kier alpha value is -2.55. The van der Waals surface area contributed by atoms with E-state index in [0.29, 0.717) is 24.2 Å². The van der Waals surface area contributed by atoms with Crippen LogP contribution in [-0.2, 0) is 4.79 Å². The summed E-state index contributed by atoms with van der Waals surface area (Å²) in [5.41, 5.74) is 0.493. The molecule has 1 fully saturated rings. The van der Waals surface area contributed by atoms with Gasteiger partial charge in [0.15, 0.2) is 0 Å². The number of nitrogens with one attached hydrogen (secondary N) is 1. The molecular weight excluding hydrogens is 282 g/mol. The molecule has 1 aromatic rings. The summed E-state index contributed by atoms with van der Waals surface area (Å²) < 4.78 is 0. The molecule has 6 heteroatoms. The van der Waals surface area contributed by atoms with E-state index in [2.05, 4.69) is 11.4 Å². The molecule has 0 aliphatic carbocycles. The van der Waals surface area contributed by atoms with E-state index < -0.39 is 17.4 Å². The molecule has 1 unspecified atom stereocenters. The van der Waals surface area contributed by atoms with Crippen LogP contribution in [0.3, 0.4) is 0 Å². The molecule has 0 bridgehead atoms. The highest BCUT2D eigenvalue weighted by Gasteiger charge is 2.42. The van der Waals surface area contributed by atoms with Gasteiger partial charge in [0, 0.05) is 18.7 Å². The maximum absolute atomic E-state index is 12.2. The molecule has 2 N–H and O–H groups in total. The number of nitriles is 1. The first kappa shape index (κ1) is 15.8. The number of nitrogens with zero attached hydrogens (tertiary/aromatic N) is 2. The van der Waals surface area contributed by atoms with E-state index in [-0.39, 0.29) is 11.7 Å². The van der Waals surface area contributed by atoms with Crippen LogP contribution < -0.4 is 5.32 Å². The van der Waals surface area contributed by atoms with Crippen molar-refractivity contribution in [3.63, 3.8) is 0 Å². The summed E-state index contributed by atoms with van der Waals surface area (Å²) in [5.74, 6) is -0.587. The van der Waals surface area contributed by atoms with Crippen molar-refractivity contribution in [1.82, 2.24) is 10.2 Å². The van der Waals surface area contributed by atoms with Gasteiger partial charge in [0.05, 0.1) is 11.5 Å². The second kappa shape index (κ2) is 5.68. The normalized spacial score (nSPS) is 17.1. The summed E-state index contributed by atoms with van der Waals surface area (Å²) in [6.07, 6.45) is 0. The molecule has 6 nitrogen and oxygen atoms in total. The number of hydrogen-bond donors (Lipinski definition) is 2. The zero-order valence-corrected chi connectivity index (χ0v) is 12.9. The Balaban J connectivity index is 1.96. The first-order chi connectivity index (χ1) is 10.3. The van der Waals surface area contributed by atoms with Crippen molar-refractivity contribution < 1.29 is 14.7 Å².